The van der Waals surface area contributed by atoms with Gasteiger partial charge in [-0.25, -0.2) is 0 Å². The summed E-state index contributed by atoms with van der Waals surface area (Å²) in [6, 6.07) is 9.64. The van der Waals surface area contributed by atoms with Gasteiger partial charge in [0.2, 0.25) is 0 Å². The Morgan fingerprint density at radius 2 is 2.18 bits per heavy atom. The number of hydrogen-bond acceptors (Lipinski definition) is 3. The van der Waals surface area contributed by atoms with Gasteiger partial charge in [0, 0.05) is 0 Å². The van der Waals surface area contributed by atoms with E-state index in [-0.39, 0.29) is 17.1 Å². The van der Waals surface area contributed by atoms with Gasteiger partial charge in [-0.2, -0.15) is 0 Å². The number of rotatable bonds is 2. The molecule has 1 heterocycles. The number of nitrogens with zero attached hydrogens (tertiary/aromatic N) is 1. The zero-order valence-corrected chi connectivity index (χ0v) is 10.3. The predicted molar refractivity (Wildman–Crippen MR) is 69.4 cm³/mol. The summed E-state index contributed by atoms with van der Waals surface area (Å²) in [6.07, 6.45) is 3.20. The van der Waals surface area contributed by atoms with Crippen molar-refractivity contribution in [2.75, 3.05) is 6.61 Å². The monoisotopic (exact) mass is 247 g/mol. The van der Waals surface area contributed by atoms with Gasteiger partial charge >= 0.3 is 0 Å². The fraction of sp³-hybridized carbons (Fsp3) is 0.231. The second kappa shape index (κ2) is 5.10. The Morgan fingerprint density at radius 1 is 1.47 bits per heavy atom. The van der Waals surface area contributed by atoms with Crippen LogP contribution in [0.25, 0.3) is 0 Å². The summed E-state index contributed by atoms with van der Waals surface area (Å²) in [4.78, 5) is 13.4. The molecule has 0 aromatic heterocycles. The van der Waals surface area contributed by atoms with Crippen LogP contribution in [0.15, 0.2) is 42.5 Å². The molecule has 0 unspecified atom stereocenters. The molecule has 3 nitrogen and oxygen atoms in total. The summed E-state index contributed by atoms with van der Waals surface area (Å²) >= 11 is 5.06. The van der Waals surface area contributed by atoms with E-state index in [9.17, 15) is 4.79 Å². The van der Waals surface area contributed by atoms with Crippen molar-refractivity contribution in [3.05, 3.63) is 48.0 Å². The normalized spacial score (nSPS) is 19.7. The Labute approximate surface area is 106 Å². The van der Waals surface area contributed by atoms with Crippen LogP contribution < -0.4 is 0 Å². The second-order valence-corrected chi connectivity index (χ2v) is 4.06. The molecule has 1 aromatic rings. The summed E-state index contributed by atoms with van der Waals surface area (Å²) in [5.74, 6) is -0.135. The lowest BCUT2D eigenvalue weighted by Gasteiger charge is -2.19. The second-order valence-electron chi connectivity index (χ2n) is 3.71. The summed E-state index contributed by atoms with van der Waals surface area (Å²) in [7, 11) is 0. The van der Waals surface area contributed by atoms with Crippen molar-refractivity contribution in [2.45, 2.75) is 13.0 Å². The average molecular weight is 247 g/mol. The standard InChI is InChI=1S/C13H13NO2S/c1-2-6-12(15)14-11(9-16-13(14)17)10-7-4-3-5-8-10/h2-8,11H,9H2,1H3/b6-2+/t11-/m1/s1. The van der Waals surface area contributed by atoms with Gasteiger partial charge in [0.25, 0.3) is 11.1 Å². The lowest BCUT2D eigenvalue weighted by Crippen LogP contribution is -2.32. The molecular formula is C13H13NO2S. The number of thiocarbonyl (C=S) groups is 1. The highest BCUT2D eigenvalue weighted by Crippen LogP contribution is 2.27. The van der Waals surface area contributed by atoms with Crippen LogP contribution in [0.4, 0.5) is 0 Å². The first-order valence-corrected chi connectivity index (χ1v) is 5.82. The van der Waals surface area contributed by atoms with Crippen LogP contribution in [-0.4, -0.2) is 22.6 Å². The van der Waals surface area contributed by atoms with Crippen molar-refractivity contribution in [1.82, 2.24) is 4.90 Å². The van der Waals surface area contributed by atoms with E-state index in [0.717, 1.165) is 5.56 Å². The van der Waals surface area contributed by atoms with Gasteiger partial charge in [0.05, 0.1) is 0 Å². The molecular weight excluding hydrogens is 234 g/mol. The van der Waals surface area contributed by atoms with Crippen molar-refractivity contribution in [3.63, 3.8) is 0 Å². The van der Waals surface area contributed by atoms with E-state index >= 15 is 0 Å². The van der Waals surface area contributed by atoms with Gasteiger partial charge in [0.1, 0.15) is 12.6 Å². The van der Waals surface area contributed by atoms with Crippen molar-refractivity contribution in [2.24, 2.45) is 0 Å². The lowest BCUT2D eigenvalue weighted by atomic mass is 10.1. The Hall–Kier alpha value is -1.68. The minimum absolute atomic E-state index is 0.118. The first-order valence-electron chi connectivity index (χ1n) is 5.41. The summed E-state index contributed by atoms with van der Waals surface area (Å²) in [6.45, 7) is 2.22. The molecule has 88 valence electrons. The molecule has 1 aliphatic rings. The van der Waals surface area contributed by atoms with E-state index < -0.39 is 0 Å². The smallest absolute Gasteiger partial charge is 0.267 e. The van der Waals surface area contributed by atoms with Gasteiger partial charge in [-0.1, -0.05) is 36.4 Å². The molecule has 1 saturated heterocycles. The van der Waals surface area contributed by atoms with Crippen LogP contribution in [0.3, 0.4) is 0 Å². The van der Waals surface area contributed by atoms with Crippen LogP contribution in [0.1, 0.15) is 18.5 Å². The highest BCUT2D eigenvalue weighted by molar-refractivity contribution is 7.80. The quantitative estimate of drug-likeness (QED) is 0.594. The minimum atomic E-state index is -0.135. The summed E-state index contributed by atoms with van der Waals surface area (Å²) < 4.78 is 5.30. The molecule has 17 heavy (non-hydrogen) atoms. The molecule has 4 heteroatoms. The first kappa shape index (κ1) is 11.8. The maximum absolute atomic E-state index is 11.9. The molecule has 1 fully saturated rings. The van der Waals surface area contributed by atoms with Crippen LogP contribution in [-0.2, 0) is 9.53 Å². The van der Waals surface area contributed by atoms with E-state index in [1.165, 1.54) is 11.0 Å². The molecule has 2 rings (SSSR count). The molecule has 0 aliphatic carbocycles. The molecule has 1 amide bonds. The SMILES string of the molecule is C/C=C/C(=O)N1C(=S)OC[C@@H]1c1ccccc1. The highest BCUT2D eigenvalue weighted by atomic mass is 32.1. The molecule has 0 N–H and O–H groups in total. The fourth-order valence-corrected chi connectivity index (χ4v) is 2.09. The average Bonchev–Trinajstić information content (AvgIpc) is 2.73. The van der Waals surface area contributed by atoms with Crippen molar-refractivity contribution in [1.29, 1.82) is 0 Å². The highest BCUT2D eigenvalue weighted by Gasteiger charge is 2.34. The zero-order valence-electron chi connectivity index (χ0n) is 9.50. The number of amides is 1. The molecule has 0 radical (unpaired) electrons. The number of carbonyl (C=O) groups excluding carboxylic acids is 1. The summed E-state index contributed by atoms with van der Waals surface area (Å²) in [5.41, 5.74) is 1.03. The lowest BCUT2D eigenvalue weighted by molar-refractivity contribution is -0.123. The van der Waals surface area contributed by atoms with E-state index in [4.69, 9.17) is 17.0 Å². The van der Waals surface area contributed by atoms with E-state index in [2.05, 4.69) is 0 Å². The third-order valence-corrected chi connectivity index (χ3v) is 2.92. The van der Waals surface area contributed by atoms with Crippen LogP contribution in [0.5, 0.6) is 0 Å². The Kier molecular flexibility index (Phi) is 3.54. The van der Waals surface area contributed by atoms with Crippen LogP contribution >= 0.6 is 12.2 Å². The van der Waals surface area contributed by atoms with Gasteiger partial charge in [-0.3, -0.25) is 9.69 Å². The maximum Gasteiger partial charge on any atom is 0.267 e. The number of carbonyl (C=O) groups is 1. The minimum Gasteiger partial charge on any atom is -0.468 e. The van der Waals surface area contributed by atoms with Gasteiger partial charge in [0.15, 0.2) is 0 Å². The number of hydrogen-bond donors (Lipinski definition) is 0. The molecule has 0 bridgehead atoms. The van der Waals surface area contributed by atoms with Crippen molar-refractivity contribution < 1.29 is 9.53 Å². The fourth-order valence-electron chi connectivity index (χ4n) is 1.81. The van der Waals surface area contributed by atoms with E-state index in [0.29, 0.717) is 6.61 Å². The predicted octanol–water partition coefficient (Wildman–Crippen LogP) is 2.45. The Bertz CT molecular complexity index is 456. The third-order valence-electron chi connectivity index (χ3n) is 2.60. The zero-order chi connectivity index (χ0) is 12.3. The molecule has 1 aromatic carbocycles. The number of allylic oxidation sites excluding steroid dienone is 1. The summed E-state index contributed by atoms with van der Waals surface area (Å²) in [5, 5.41) is 0.252. The molecule has 0 saturated carbocycles. The maximum atomic E-state index is 11.9. The first-order chi connectivity index (χ1) is 8.24. The number of ether oxygens (including phenoxy) is 1. The third kappa shape index (κ3) is 2.36. The molecule has 1 aliphatic heterocycles. The van der Waals surface area contributed by atoms with Gasteiger partial charge < -0.3 is 4.74 Å². The van der Waals surface area contributed by atoms with Crippen molar-refractivity contribution >= 4 is 23.3 Å². The van der Waals surface area contributed by atoms with Crippen LogP contribution in [0.2, 0.25) is 0 Å². The van der Waals surface area contributed by atoms with E-state index in [1.807, 2.05) is 30.3 Å². The topological polar surface area (TPSA) is 29.5 Å². The van der Waals surface area contributed by atoms with Gasteiger partial charge in [-0.15, -0.1) is 0 Å². The van der Waals surface area contributed by atoms with Crippen LogP contribution in [0, 0.1) is 0 Å². The largest absolute Gasteiger partial charge is 0.468 e. The Morgan fingerprint density at radius 3 is 2.82 bits per heavy atom. The van der Waals surface area contributed by atoms with Crippen molar-refractivity contribution in [3.8, 4) is 0 Å². The molecule has 1 atom stereocenters. The van der Waals surface area contributed by atoms with Gasteiger partial charge in [-0.05, 0) is 30.8 Å². The molecule has 0 spiro atoms. The number of benzene rings is 1. The van der Waals surface area contributed by atoms with E-state index in [1.54, 1.807) is 13.0 Å². The Balaban J connectivity index is 2.28.